The molecule has 0 aliphatic rings. The molecule has 15 heavy (non-hydrogen) atoms. The molecule has 0 spiro atoms. The first-order valence-electron chi connectivity index (χ1n) is 5.89. The van der Waals surface area contributed by atoms with E-state index in [-0.39, 0.29) is 24.6 Å². The summed E-state index contributed by atoms with van der Waals surface area (Å²) in [5.41, 5.74) is 0. The zero-order valence-corrected chi connectivity index (χ0v) is 10.2. The van der Waals surface area contributed by atoms with Crippen LogP contribution >= 0.6 is 0 Å². The summed E-state index contributed by atoms with van der Waals surface area (Å²) in [5.74, 6) is 0.0250. The molecule has 1 N–H and O–H groups in total. The number of aliphatic hydroxyl groups excluding tert-OH is 1. The van der Waals surface area contributed by atoms with Crippen LogP contribution in [0.2, 0.25) is 0 Å². The van der Waals surface area contributed by atoms with Crippen molar-refractivity contribution in [3.63, 3.8) is 0 Å². The van der Waals surface area contributed by atoms with Crippen molar-refractivity contribution in [2.24, 2.45) is 5.92 Å². The lowest BCUT2D eigenvalue weighted by Gasteiger charge is -2.23. The third-order valence-electron chi connectivity index (χ3n) is 2.63. The predicted octanol–water partition coefficient (Wildman–Crippen LogP) is 2.52. The lowest BCUT2D eigenvalue weighted by molar-refractivity contribution is -0.149. The zero-order chi connectivity index (χ0) is 11.7. The SMILES string of the molecule is CCCCC[C@@H](OC(C)=O)[C@@H](C)CCO. The third kappa shape index (κ3) is 7.37. The molecule has 3 nitrogen and oxygen atoms in total. The Morgan fingerprint density at radius 2 is 2.00 bits per heavy atom. The van der Waals surface area contributed by atoms with Crippen molar-refractivity contribution < 1.29 is 14.6 Å². The van der Waals surface area contributed by atoms with Crippen LogP contribution in [0.15, 0.2) is 0 Å². The first-order chi connectivity index (χ1) is 7.11. The van der Waals surface area contributed by atoms with E-state index >= 15 is 0 Å². The highest BCUT2D eigenvalue weighted by Gasteiger charge is 2.19. The maximum absolute atomic E-state index is 10.9. The number of ether oxygens (including phenoxy) is 1. The van der Waals surface area contributed by atoms with Crippen molar-refractivity contribution in [1.82, 2.24) is 0 Å². The molecule has 0 heterocycles. The van der Waals surface area contributed by atoms with Crippen LogP contribution in [0, 0.1) is 5.92 Å². The van der Waals surface area contributed by atoms with Gasteiger partial charge in [-0.15, -0.1) is 0 Å². The Hall–Kier alpha value is -0.570. The number of aliphatic hydroxyl groups is 1. The molecule has 0 aromatic carbocycles. The van der Waals surface area contributed by atoms with Gasteiger partial charge in [0.05, 0.1) is 0 Å². The van der Waals surface area contributed by atoms with E-state index in [1.165, 1.54) is 19.8 Å². The lowest BCUT2D eigenvalue weighted by Crippen LogP contribution is -2.25. The lowest BCUT2D eigenvalue weighted by atomic mass is 9.96. The summed E-state index contributed by atoms with van der Waals surface area (Å²) in [7, 11) is 0. The van der Waals surface area contributed by atoms with Gasteiger partial charge in [-0.05, 0) is 25.2 Å². The minimum atomic E-state index is -0.221. The third-order valence-corrected chi connectivity index (χ3v) is 2.63. The number of hydrogen-bond acceptors (Lipinski definition) is 3. The summed E-state index contributed by atoms with van der Waals surface area (Å²) >= 11 is 0. The van der Waals surface area contributed by atoms with E-state index in [9.17, 15) is 4.79 Å². The Balaban J connectivity index is 3.98. The van der Waals surface area contributed by atoms with Gasteiger partial charge in [0.25, 0.3) is 0 Å². The summed E-state index contributed by atoms with van der Waals surface area (Å²) in [6.45, 7) is 5.78. The molecule has 90 valence electrons. The fraction of sp³-hybridized carbons (Fsp3) is 0.917. The molecule has 0 rings (SSSR count). The minimum Gasteiger partial charge on any atom is -0.462 e. The standard InChI is InChI=1S/C12H24O3/c1-4-5-6-7-12(15-11(3)14)10(2)8-9-13/h10,12-13H,4-9H2,1-3H3/t10-,12+/m0/s1. The summed E-state index contributed by atoms with van der Waals surface area (Å²) in [6.07, 6.45) is 5.01. The van der Waals surface area contributed by atoms with E-state index in [0.29, 0.717) is 6.42 Å². The summed E-state index contributed by atoms with van der Waals surface area (Å²) in [6, 6.07) is 0. The first kappa shape index (κ1) is 14.4. The van der Waals surface area contributed by atoms with Crippen molar-refractivity contribution in [3.05, 3.63) is 0 Å². The Morgan fingerprint density at radius 1 is 1.33 bits per heavy atom. The molecule has 0 saturated heterocycles. The molecular formula is C12H24O3. The van der Waals surface area contributed by atoms with Gasteiger partial charge in [0, 0.05) is 13.5 Å². The quantitative estimate of drug-likeness (QED) is 0.501. The number of unbranched alkanes of at least 4 members (excludes halogenated alkanes) is 2. The largest absolute Gasteiger partial charge is 0.462 e. The minimum absolute atomic E-state index is 0.0267. The highest BCUT2D eigenvalue weighted by Crippen LogP contribution is 2.18. The number of hydrogen-bond donors (Lipinski definition) is 1. The van der Waals surface area contributed by atoms with Gasteiger partial charge in [-0.25, -0.2) is 0 Å². The van der Waals surface area contributed by atoms with Crippen LogP contribution in [0.3, 0.4) is 0 Å². The van der Waals surface area contributed by atoms with Gasteiger partial charge in [0.2, 0.25) is 0 Å². The average molecular weight is 216 g/mol. The smallest absolute Gasteiger partial charge is 0.302 e. The van der Waals surface area contributed by atoms with Crippen LogP contribution in [-0.4, -0.2) is 23.8 Å². The van der Waals surface area contributed by atoms with Crippen molar-refractivity contribution in [1.29, 1.82) is 0 Å². The van der Waals surface area contributed by atoms with Crippen LogP contribution in [-0.2, 0) is 9.53 Å². The number of carbonyl (C=O) groups excluding carboxylic acids is 1. The van der Waals surface area contributed by atoms with Gasteiger partial charge in [0.1, 0.15) is 6.10 Å². The van der Waals surface area contributed by atoms with Crippen molar-refractivity contribution in [3.8, 4) is 0 Å². The van der Waals surface area contributed by atoms with Gasteiger partial charge in [-0.2, -0.15) is 0 Å². The van der Waals surface area contributed by atoms with Crippen LogP contribution in [0.5, 0.6) is 0 Å². The Kier molecular flexibility index (Phi) is 8.38. The van der Waals surface area contributed by atoms with Crippen LogP contribution < -0.4 is 0 Å². The van der Waals surface area contributed by atoms with E-state index in [4.69, 9.17) is 9.84 Å². The first-order valence-corrected chi connectivity index (χ1v) is 5.89. The van der Waals surface area contributed by atoms with Gasteiger partial charge in [-0.1, -0.05) is 26.7 Å². The Morgan fingerprint density at radius 3 is 2.47 bits per heavy atom. The van der Waals surface area contributed by atoms with E-state index in [0.717, 1.165) is 12.8 Å². The molecular weight excluding hydrogens is 192 g/mol. The second-order valence-corrected chi connectivity index (χ2v) is 4.13. The molecule has 0 radical (unpaired) electrons. The summed E-state index contributed by atoms with van der Waals surface area (Å²) in [4.78, 5) is 10.9. The highest BCUT2D eigenvalue weighted by molar-refractivity contribution is 5.66. The number of rotatable bonds is 8. The second kappa shape index (κ2) is 8.72. The topological polar surface area (TPSA) is 46.5 Å². The summed E-state index contributed by atoms with van der Waals surface area (Å²) < 4.78 is 5.26. The van der Waals surface area contributed by atoms with Crippen LogP contribution in [0.4, 0.5) is 0 Å². The van der Waals surface area contributed by atoms with E-state index in [1.807, 2.05) is 6.92 Å². The van der Waals surface area contributed by atoms with Gasteiger partial charge >= 0.3 is 5.97 Å². The highest BCUT2D eigenvalue weighted by atomic mass is 16.5. The fourth-order valence-corrected chi connectivity index (χ4v) is 1.66. The van der Waals surface area contributed by atoms with Crippen molar-refractivity contribution in [2.75, 3.05) is 6.61 Å². The molecule has 0 aromatic rings. The molecule has 0 aromatic heterocycles. The molecule has 0 aliphatic heterocycles. The van der Waals surface area contributed by atoms with E-state index in [2.05, 4.69) is 6.92 Å². The maximum atomic E-state index is 10.9. The van der Waals surface area contributed by atoms with Gasteiger partial charge < -0.3 is 9.84 Å². The van der Waals surface area contributed by atoms with Crippen molar-refractivity contribution in [2.45, 2.75) is 59.0 Å². The van der Waals surface area contributed by atoms with Crippen LogP contribution in [0.25, 0.3) is 0 Å². The zero-order valence-electron chi connectivity index (χ0n) is 10.2. The molecule has 2 atom stereocenters. The Bertz CT molecular complexity index is 168. The summed E-state index contributed by atoms with van der Waals surface area (Å²) in [5, 5.41) is 8.85. The second-order valence-electron chi connectivity index (χ2n) is 4.13. The predicted molar refractivity (Wildman–Crippen MR) is 60.6 cm³/mol. The van der Waals surface area contributed by atoms with E-state index in [1.54, 1.807) is 0 Å². The van der Waals surface area contributed by atoms with Gasteiger partial charge in [-0.3, -0.25) is 4.79 Å². The monoisotopic (exact) mass is 216 g/mol. The maximum Gasteiger partial charge on any atom is 0.302 e. The molecule has 3 heteroatoms. The number of carbonyl (C=O) groups is 1. The normalized spacial score (nSPS) is 14.7. The van der Waals surface area contributed by atoms with Crippen molar-refractivity contribution >= 4 is 5.97 Å². The number of esters is 1. The molecule has 0 bridgehead atoms. The fourth-order valence-electron chi connectivity index (χ4n) is 1.66. The molecule has 0 fully saturated rings. The molecule has 0 saturated carbocycles. The molecule has 0 amide bonds. The molecule has 0 aliphatic carbocycles. The van der Waals surface area contributed by atoms with E-state index < -0.39 is 0 Å². The van der Waals surface area contributed by atoms with Crippen LogP contribution in [0.1, 0.15) is 52.9 Å². The van der Waals surface area contributed by atoms with Gasteiger partial charge in [0.15, 0.2) is 0 Å². The average Bonchev–Trinajstić information content (AvgIpc) is 2.16. The molecule has 0 unspecified atom stereocenters. The Labute approximate surface area is 92.8 Å².